The number of halogens is 3. The highest BCUT2D eigenvalue weighted by molar-refractivity contribution is 9.09. The van der Waals surface area contributed by atoms with Gasteiger partial charge in [-0.05, 0) is 36.1 Å². The predicted octanol–water partition coefficient (Wildman–Crippen LogP) is 6.28. The van der Waals surface area contributed by atoms with Gasteiger partial charge in [-0.15, -0.1) is 0 Å². The molecule has 0 aliphatic heterocycles. The first-order chi connectivity index (χ1) is 9.63. The van der Waals surface area contributed by atoms with Crippen molar-refractivity contribution in [2.45, 2.75) is 25.2 Å². The quantitative estimate of drug-likeness (QED) is 0.542. The third-order valence-electron chi connectivity index (χ3n) is 3.90. The molecule has 1 atom stereocenters. The topological polar surface area (TPSA) is 0 Å². The molecule has 0 aliphatic carbocycles. The van der Waals surface area contributed by atoms with E-state index < -0.39 is 0 Å². The van der Waals surface area contributed by atoms with E-state index in [1.807, 2.05) is 24.3 Å². The smallest absolute Gasteiger partial charge is 0.0453 e. The van der Waals surface area contributed by atoms with Gasteiger partial charge in [0.25, 0.3) is 0 Å². The van der Waals surface area contributed by atoms with Crippen molar-refractivity contribution in [3.8, 4) is 0 Å². The van der Waals surface area contributed by atoms with Crippen LogP contribution in [-0.4, -0.2) is 5.33 Å². The molecule has 1 unspecified atom stereocenters. The molecule has 2 aromatic carbocycles. The van der Waals surface area contributed by atoms with Gasteiger partial charge in [-0.25, -0.2) is 0 Å². The van der Waals surface area contributed by atoms with E-state index in [1.165, 1.54) is 5.56 Å². The van der Waals surface area contributed by atoms with Crippen LogP contribution in [0.15, 0.2) is 48.5 Å². The normalized spacial score (nSPS) is 14.0. The van der Waals surface area contributed by atoms with Crippen LogP contribution in [0.2, 0.25) is 10.0 Å². The van der Waals surface area contributed by atoms with Crippen molar-refractivity contribution in [2.24, 2.45) is 0 Å². The van der Waals surface area contributed by atoms with Gasteiger partial charge in [-0.3, -0.25) is 0 Å². The maximum atomic E-state index is 6.34. The first-order valence-electron chi connectivity index (χ1n) is 6.67. The summed E-state index contributed by atoms with van der Waals surface area (Å²) in [6.07, 6.45) is 1.85. The Morgan fingerprint density at radius 1 is 0.950 bits per heavy atom. The van der Waals surface area contributed by atoms with Crippen LogP contribution in [0.5, 0.6) is 0 Å². The molecule has 0 fully saturated rings. The molecule has 20 heavy (non-hydrogen) atoms. The second kappa shape index (κ2) is 6.98. The second-order valence-corrected chi connectivity index (χ2v) is 6.39. The maximum absolute atomic E-state index is 6.34. The van der Waals surface area contributed by atoms with Crippen LogP contribution in [-0.2, 0) is 11.8 Å². The zero-order valence-electron chi connectivity index (χ0n) is 11.4. The van der Waals surface area contributed by atoms with Gasteiger partial charge >= 0.3 is 0 Å². The van der Waals surface area contributed by atoms with Gasteiger partial charge in [0.05, 0.1) is 0 Å². The SMILES string of the molecule is CCC(CBr)(Cc1c(Cl)cccc1Cl)c1ccccc1. The van der Waals surface area contributed by atoms with Crippen molar-refractivity contribution in [3.05, 3.63) is 69.7 Å². The van der Waals surface area contributed by atoms with E-state index in [-0.39, 0.29) is 5.41 Å². The summed E-state index contributed by atoms with van der Waals surface area (Å²) in [5, 5.41) is 2.36. The molecular formula is C17H17BrCl2. The summed E-state index contributed by atoms with van der Waals surface area (Å²) < 4.78 is 0. The van der Waals surface area contributed by atoms with Crippen molar-refractivity contribution >= 4 is 39.1 Å². The largest absolute Gasteiger partial charge is 0.0918 e. The Morgan fingerprint density at radius 3 is 2.05 bits per heavy atom. The fraction of sp³-hybridized carbons (Fsp3) is 0.294. The van der Waals surface area contributed by atoms with Crippen molar-refractivity contribution in [2.75, 3.05) is 5.33 Å². The molecule has 0 amide bonds. The van der Waals surface area contributed by atoms with Gasteiger partial charge < -0.3 is 0 Å². The molecule has 3 heteroatoms. The summed E-state index contributed by atoms with van der Waals surface area (Å²) in [6, 6.07) is 16.3. The van der Waals surface area contributed by atoms with Gasteiger partial charge in [-0.2, -0.15) is 0 Å². The van der Waals surface area contributed by atoms with E-state index in [4.69, 9.17) is 23.2 Å². The van der Waals surface area contributed by atoms with Crippen LogP contribution in [0, 0.1) is 0 Å². The molecule has 0 spiro atoms. The molecule has 0 radical (unpaired) electrons. The minimum Gasteiger partial charge on any atom is -0.0918 e. The molecule has 106 valence electrons. The molecule has 0 saturated heterocycles. The van der Waals surface area contributed by atoms with E-state index in [0.29, 0.717) is 0 Å². The van der Waals surface area contributed by atoms with Crippen molar-refractivity contribution in [3.63, 3.8) is 0 Å². The Morgan fingerprint density at radius 2 is 1.55 bits per heavy atom. The third-order valence-corrected chi connectivity index (χ3v) is 5.68. The molecule has 0 heterocycles. The second-order valence-electron chi connectivity index (χ2n) is 5.01. The number of hydrogen-bond acceptors (Lipinski definition) is 0. The van der Waals surface area contributed by atoms with Gasteiger partial charge in [-0.1, -0.05) is 82.5 Å². The van der Waals surface area contributed by atoms with E-state index in [2.05, 4.69) is 47.1 Å². The fourth-order valence-electron chi connectivity index (χ4n) is 2.48. The van der Waals surface area contributed by atoms with Crippen LogP contribution < -0.4 is 0 Å². The Bertz CT molecular complexity index is 542. The Labute approximate surface area is 139 Å². The Balaban J connectivity index is 2.45. The Hall–Kier alpha value is -0.500. The summed E-state index contributed by atoms with van der Waals surface area (Å²) in [7, 11) is 0. The molecular weight excluding hydrogens is 355 g/mol. The predicted molar refractivity (Wildman–Crippen MR) is 92.4 cm³/mol. The Kier molecular flexibility index (Phi) is 5.54. The molecule has 0 bridgehead atoms. The molecule has 0 aliphatic rings. The summed E-state index contributed by atoms with van der Waals surface area (Å²) in [5.41, 5.74) is 2.35. The minimum absolute atomic E-state index is 0.00981. The first-order valence-corrected chi connectivity index (χ1v) is 8.55. The van der Waals surface area contributed by atoms with Gasteiger partial charge in [0, 0.05) is 20.8 Å². The highest BCUT2D eigenvalue weighted by atomic mass is 79.9. The lowest BCUT2D eigenvalue weighted by molar-refractivity contribution is 0.464. The lowest BCUT2D eigenvalue weighted by atomic mass is 9.75. The zero-order valence-corrected chi connectivity index (χ0v) is 14.5. The van der Waals surface area contributed by atoms with Crippen molar-refractivity contribution in [1.82, 2.24) is 0 Å². The highest BCUT2D eigenvalue weighted by Crippen LogP contribution is 2.38. The van der Waals surface area contributed by atoms with Gasteiger partial charge in [0.2, 0.25) is 0 Å². The average Bonchev–Trinajstić information content (AvgIpc) is 2.49. The van der Waals surface area contributed by atoms with Crippen molar-refractivity contribution < 1.29 is 0 Å². The van der Waals surface area contributed by atoms with Gasteiger partial charge in [0.15, 0.2) is 0 Å². The number of benzene rings is 2. The monoisotopic (exact) mass is 370 g/mol. The molecule has 0 N–H and O–H groups in total. The summed E-state index contributed by atoms with van der Waals surface area (Å²) in [4.78, 5) is 0. The lowest BCUT2D eigenvalue weighted by Gasteiger charge is -2.32. The molecule has 0 aromatic heterocycles. The van der Waals surface area contributed by atoms with Gasteiger partial charge in [0.1, 0.15) is 0 Å². The average molecular weight is 372 g/mol. The summed E-state index contributed by atoms with van der Waals surface area (Å²) >= 11 is 16.4. The third kappa shape index (κ3) is 3.21. The molecule has 2 rings (SSSR count). The van der Waals surface area contributed by atoms with E-state index in [1.54, 1.807) is 0 Å². The van der Waals surface area contributed by atoms with E-state index >= 15 is 0 Å². The van der Waals surface area contributed by atoms with Crippen LogP contribution in [0.3, 0.4) is 0 Å². The standard InChI is InChI=1S/C17H17BrCl2/c1-2-17(12-18,13-7-4-3-5-8-13)11-14-15(19)9-6-10-16(14)20/h3-10H,2,11-12H2,1H3. The summed E-state index contributed by atoms with van der Waals surface area (Å²) in [5.74, 6) is 0. The highest BCUT2D eigenvalue weighted by Gasteiger charge is 2.31. The zero-order chi connectivity index (χ0) is 14.6. The lowest BCUT2D eigenvalue weighted by Crippen LogP contribution is -2.30. The number of rotatable bonds is 5. The van der Waals surface area contributed by atoms with Crippen molar-refractivity contribution in [1.29, 1.82) is 0 Å². The van der Waals surface area contributed by atoms with E-state index in [9.17, 15) is 0 Å². The first kappa shape index (κ1) is 15.9. The summed E-state index contributed by atoms with van der Waals surface area (Å²) in [6.45, 7) is 2.21. The van der Waals surface area contributed by atoms with E-state index in [0.717, 1.165) is 33.8 Å². The maximum Gasteiger partial charge on any atom is 0.0453 e. The number of hydrogen-bond donors (Lipinski definition) is 0. The molecule has 2 aromatic rings. The van der Waals surface area contributed by atoms with Crippen LogP contribution in [0.1, 0.15) is 24.5 Å². The minimum atomic E-state index is 0.00981. The molecule has 0 saturated carbocycles. The molecule has 0 nitrogen and oxygen atoms in total. The number of alkyl halides is 1. The van der Waals surface area contributed by atoms with Crippen LogP contribution in [0.25, 0.3) is 0 Å². The fourth-order valence-corrected chi connectivity index (χ4v) is 3.93. The van der Waals surface area contributed by atoms with Crippen LogP contribution >= 0.6 is 39.1 Å². The van der Waals surface area contributed by atoms with Crippen LogP contribution in [0.4, 0.5) is 0 Å².